The highest BCUT2D eigenvalue weighted by Gasteiger charge is 2.25. The SMILES string of the molecule is CC(C)OC(=O)NS(=O)(=O)NC(CO)C(=O)O. The van der Waals surface area contributed by atoms with Crippen LogP contribution in [0.1, 0.15) is 13.8 Å². The summed E-state index contributed by atoms with van der Waals surface area (Å²) in [4.78, 5) is 21.4. The molecular formula is C7H14N2O7S. The molecule has 0 fully saturated rings. The standard InChI is InChI=1S/C7H14N2O7S/c1-4(2)16-7(13)9-17(14,15)8-5(3-10)6(11)12/h4-5,8,10H,3H2,1-2H3,(H,9,13)(H,11,12). The van der Waals surface area contributed by atoms with E-state index in [1.165, 1.54) is 18.6 Å². The van der Waals surface area contributed by atoms with Gasteiger partial charge in [-0.15, -0.1) is 0 Å². The third-order valence-corrected chi connectivity index (χ3v) is 2.37. The van der Waals surface area contributed by atoms with Crippen molar-refractivity contribution in [2.75, 3.05) is 6.61 Å². The van der Waals surface area contributed by atoms with Crippen LogP contribution in [-0.4, -0.2) is 49.4 Å². The fourth-order valence-corrected chi connectivity index (χ4v) is 1.61. The highest BCUT2D eigenvalue weighted by Crippen LogP contribution is 1.92. The number of carbonyl (C=O) groups is 2. The summed E-state index contributed by atoms with van der Waals surface area (Å²) >= 11 is 0. The van der Waals surface area contributed by atoms with Crippen LogP contribution in [-0.2, 0) is 19.7 Å². The maximum atomic E-state index is 11.2. The first-order valence-corrected chi connectivity index (χ1v) is 6.00. The molecule has 4 N–H and O–H groups in total. The van der Waals surface area contributed by atoms with Gasteiger partial charge in [0.1, 0.15) is 6.04 Å². The third-order valence-electron chi connectivity index (χ3n) is 1.34. The number of hydrogen-bond donors (Lipinski definition) is 4. The minimum Gasteiger partial charge on any atom is -0.480 e. The first-order valence-electron chi connectivity index (χ1n) is 4.52. The van der Waals surface area contributed by atoms with Crippen LogP contribution in [0.25, 0.3) is 0 Å². The molecule has 0 aliphatic heterocycles. The van der Waals surface area contributed by atoms with E-state index < -0.39 is 41.0 Å². The van der Waals surface area contributed by atoms with Crippen LogP contribution in [0.5, 0.6) is 0 Å². The highest BCUT2D eigenvalue weighted by atomic mass is 32.2. The fourth-order valence-electron chi connectivity index (χ4n) is 0.730. The highest BCUT2D eigenvalue weighted by molar-refractivity contribution is 7.88. The molecule has 0 aromatic rings. The lowest BCUT2D eigenvalue weighted by molar-refractivity contribution is -0.139. The van der Waals surface area contributed by atoms with E-state index in [1.54, 1.807) is 4.72 Å². The van der Waals surface area contributed by atoms with Gasteiger partial charge < -0.3 is 14.9 Å². The van der Waals surface area contributed by atoms with Gasteiger partial charge in [0.2, 0.25) is 0 Å². The Bertz CT molecular complexity index is 378. The maximum absolute atomic E-state index is 11.2. The summed E-state index contributed by atoms with van der Waals surface area (Å²) in [6, 6.07) is -1.74. The fraction of sp³-hybridized carbons (Fsp3) is 0.714. The summed E-state index contributed by atoms with van der Waals surface area (Å²) in [6.07, 6.45) is -1.77. The Kier molecular flexibility index (Phi) is 5.85. The van der Waals surface area contributed by atoms with Crippen molar-refractivity contribution < 1.29 is 33.0 Å². The van der Waals surface area contributed by atoms with Crippen LogP contribution >= 0.6 is 0 Å². The Morgan fingerprint density at radius 3 is 2.24 bits per heavy atom. The summed E-state index contributed by atoms with van der Waals surface area (Å²) < 4.78 is 29.9. The van der Waals surface area contributed by atoms with Gasteiger partial charge >= 0.3 is 22.3 Å². The molecule has 0 aromatic heterocycles. The Morgan fingerprint density at radius 1 is 1.35 bits per heavy atom. The molecule has 1 unspecified atom stereocenters. The Morgan fingerprint density at radius 2 is 1.88 bits per heavy atom. The molecule has 0 heterocycles. The molecule has 0 saturated carbocycles. The zero-order valence-corrected chi connectivity index (χ0v) is 10.0. The summed E-state index contributed by atoms with van der Waals surface area (Å²) in [6.45, 7) is 2.07. The molecule has 0 radical (unpaired) electrons. The predicted molar refractivity (Wildman–Crippen MR) is 55.3 cm³/mol. The third kappa shape index (κ3) is 6.71. The molecule has 0 aromatic carbocycles. The molecule has 1 amide bonds. The van der Waals surface area contributed by atoms with Crippen LogP contribution in [0.3, 0.4) is 0 Å². The van der Waals surface area contributed by atoms with E-state index in [0.29, 0.717) is 0 Å². The Labute approximate surface area is 97.9 Å². The lowest BCUT2D eigenvalue weighted by Crippen LogP contribution is -2.50. The summed E-state index contributed by atoms with van der Waals surface area (Å²) in [5.41, 5.74) is 0. The zero-order valence-electron chi connectivity index (χ0n) is 9.21. The van der Waals surface area contributed by atoms with Gasteiger partial charge in [-0.1, -0.05) is 0 Å². The van der Waals surface area contributed by atoms with Gasteiger partial charge in [-0.05, 0) is 13.8 Å². The number of nitrogens with one attached hydrogen (secondary N) is 2. The average molecular weight is 270 g/mol. The number of aliphatic hydroxyl groups excluding tert-OH is 1. The van der Waals surface area contributed by atoms with Crippen LogP contribution in [0.15, 0.2) is 0 Å². The van der Waals surface area contributed by atoms with E-state index in [2.05, 4.69) is 4.74 Å². The molecule has 0 spiro atoms. The first kappa shape index (κ1) is 15.6. The summed E-state index contributed by atoms with van der Waals surface area (Å²) in [7, 11) is -4.40. The van der Waals surface area contributed by atoms with E-state index in [0.717, 1.165) is 0 Å². The molecule has 10 heteroatoms. The number of aliphatic hydroxyl groups is 1. The van der Waals surface area contributed by atoms with E-state index in [1.807, 2.05) is 0 Å². The van der Waals surface area contributed by atoms with Crippen molar-refractivity contribution in [3.05, 3.63) is 0 Å². The van der Waals surface area contributed by atoms with Crippen LogP contribution in [0.4, 0.5) is 4.79 Å². The van der Waals surface area contributed by atoms with Crippen LogP contribution in [0.2, 0.25) is 0 Å². The van der Waals surface area contributed by atoms with Crippen LogP contribution in [0, 0.1) is 0 Å². The van der Waals surface area contributed by atoms with Crippen molar-refractivity contribution in [3.8, 4) is 0 Å². The second-order valence-corrected chi connectivity index (χ2v) is 4.70. The largest absolute Gasteiger partial charge is 0.480 e. The van der Waals surface area contributed by atoms with Crippen molar-refractivity contribution in [1.82, 2.24) is 9.44 Å². The van der Waals surface area contributed by atoms with Crippen molar-refractivity contribution in [3.63, 3.8) is 0 Å². The van der Waals surface area contributed by atoms with Crippen molar-refractivity contribution in [2.24, 2.45) is 0 Å². The molecule has 0 aliphatic rings. The number of ether oxygens (including phenoxy) is 1. The van der Waals surface area contributed by atoms with E-state index in [-0.39, 0.29) is 0 Å². The number of amides is 1. The second-order valence-electron chi connectivity index (χ2n) is 3.25. The van der Waals surface area contributed by atoms with Gasteiger partial charge in [0.05, 0.1) is 12.7 Å². The predicted octanol–water partition coefficient (Wildman–Crippen LogP) is -1.60. The van der Waals surface area contributed by atoms with E-state index in [4.69, 9.17) is 10.2 Å². The Balaban J connectivity index is 4.49. The van der Waals surface area contributed by atoms with Gasteiger partial charge in [0.25, 0.3) is 0 Å². The molecule has 9 nitrogen and oxygen atoms in total. The summed E-state index contributed by atoms with van der Waals surface area (Å²) in [5, 5.41) is 17.1. The smallest absolute Gasteiger partial charge is 0.422 e. The minimum absolute atomic E-state index is 0.529. The number of carboxylic acids is 1. The molecule has 0 aliphatic carbocycles. The van der Waals surface area contributed by atoms with Crippen LogP contribution < -0.4 is 9.44 Å². The molecule has 0 rings (SSSR count). The molecule has 100 valence electrons. The van der Waals surface area contributed by atoms with E-state index in [9.17, 15) is 18.0 Å². The first-order chi connectivity index (χ1) is 7.68. The molecular weight excluding hydrogens is 256 g/mol. The topological polar surface area (TPSA) is 142 Å². The number of rotatable bonds is 6. The average Bonchev–Trinajstić information content (AvgIpc) is 2.11. The lowest BCUT2D eigenvalue weighted by atomic mass is 10.3. The normalized spacial score (nSPS) is 13.2. The van der Waals surface area contributed by atoms with Crippen molar-refractivity contribution in [1.29, 1.82) is 0 Å². The zero-order chi connectivity index (χ0) is 13.6. The quantitative estimate of drug-likeness (QED) is 0.455. The maximum Gasteiger partial charge on any atom is 0.422 e. The number of aliphatic carboxylic acids is 1. The number of carbonyl (C=O) groups excluding carboxylic acids is 1. The molecule has 0 saturated heterocycles. The van der Waals surface area contributed by atoms with Crippen molar-refractivity contribution >= 4 is 22.3 Å². The van der Waals surface area contributed by atoms with Gasteiger partial charge in [0.15, 0.2) is 0 Å². The minimum atomic E-state index is -4.40. The molecule has 0 bridgehead atoms. The number of hydrogen-bond acceptors (Lipinski definition) is 6. The van der Waals surface area contributed by atoms with Gasteiger partial charge in [-0.3, -0.25) is 4.79 Å². The van der Waals surface area contributed by atoms with E-state index >= 15 is 0 Å². The second kappa shape index (κ2) is 6.37. The van der Waals surface area contributed by atoms with Gasteiger partial charge in [0, 0.05) is 0 Å². The van der Waals surface area contributed by atoms with Crippen molar-refractivity contribution in [2.45, 2.75) is 26.0 Å². The molecule has 1 atom stereocenters. The number of carboxylic acid groups (broad SMARTS) is 1. The molecule has 17 heavy (non-hydrogen) atoms. The van der Waals surface area contributed by atoms with Gasteiger partial charge in [-0.2, -0.15) is 13.1 Å². The lowest BCUT2D eigenvalue weighted by Gasteiger charge is -2.13. The monoisotopic (exact) mass is 270 g/mol. The summed E-state index contributed by atoms with van der Waals surface area (Å²) in [5.74, 6) is -1.57. The Hall–Kier alpha value is -1.39. The van der Waals surface area contributed by atoms with Gasteiger partial charge in [-0.25, -0.2) is 9.52 Å².